The maximum atomic E-state index is 13.2. The van der Waals surface area contributed by atoms with Crippen LogP contribution >= 0.6 is 15.9 Å². The van der Waals surface area contributed by atoms with Gasteiger partial charge in [0.2, 0.25) is 6.08 Å². The average molecular weight is 272 g/mol. The first-order valence-corrected chi connectivity index (χ1v) is 5.16. The SMILES string of the molecule is O=C=NC1(c2cc(F)c(O)c(Br)c2)CC1. The van der Waals surface area contributed by atoms with E-state index < -0.39 is 17.1 Å². The molecule has 0 bridgehead atoms. The molecule has 1 aromatic rings. The molecular weight excluding hydrogens is 265 g/mol. The van der Waals surface area contributed by atoms with Crippen LogP contribution in [0.5, 0.6) is 5.75 Å². The van der Waals surface area contributed by atoms with E-state index in [-0.39, 0.29) is 4.47 Å². The van der Waals surface area contributed by atoms with E-state index in [1.165, 1.54) is 12.1 Å². The fourth-order valence-corrected chi connectivity index (χ4v) is 1.94. The van der Waals surface area contributed by atoms with Crippen molar-refractivity contribution in [3.8, 4) is 5.75 Å². The lowest BCUT2D eigenvalue weighted by Crippen LogP contribution is -2.03. The van der Waals surface area contributed by atoms with Crippen LogP contribution in [0.15, 0.2) is 21.6 Å². The van der Waals surface area contributed by atoms with Gasteiger partial charge in [-0.2, -0.15) is 4.99 Å². The lowest BCUT2D eigenvalue weighted by Gasteiger charge is -2.09. The normalized spacial score (nSPS) is 16.9. The van der Waals surface area contributed by atoms with Gasteiger partial charge in [0.25, 0.3) is 0 Å². The Labute approximate surface area is 93.8 Å². The summed E-state index contributed by atoms with van der Waals surface area (Å²) in [6.45, 7) is 0. The van der Waals surface area contributed by atoms with Crippen molar-refractivity contribution in [2.24, 2.45) is 4.99 Å². The zero-order chi connectivity index (χ0) is 11.1. The molecule has 5 heteroatoms. The molecule has 15 heavy (non-hydrogen) atoms. The fourth-order valence-electron chi connectivity index (χ4n) is 1.50. The molecular formula is C10H7BrFNO2. The molecule has 0 amide bonds. The Hall–Kier alpha value is -1.19. The van der Waals surface area contributed by atoms with Crippen molar-refractivity contribution >= 4 is 22.0 Å². The van der Waals surface area contributed by atoms with E-state index in [0.717, 1.165) is 0 Å². The lowest BCUT2D eigenvalue weighted by atomic mass is 10.1. The van der Waals surface area contributed by atoms with Crippen LogP contribution in [0.4, 0.5) is 4.39 Å². The third-order valence-electron chi connectivity index (χ3n) is 2.54. The van der Waals surface area contributed by atoms with E-state index >= 15 is 0 Å². The van der Waals surface area contributed by atoms with E-state index in [1.807, 2.05) is 0 Å². The van der Waals surface area contributed by atoms with E-state index in [9.17, 15) is 14.3 Å². The van der Waals surface area contributed by atoms with Crippen molar-refractivity contribution in [3.63, 3.8) is 0 Å². The van der Waals surface area contributed by atoms with Crippen LogP contribution in [0.2, 0.25) is 0 Å². The fraction of sp³-hybridized carbons (Fsp3) is 0.300. The molecule has 2 rings (SSSR count). The number of halogens is 2. The summed E-state index contributed by atoms with van der Waals surface area (Å²) in [4.78, 5) is 13.9. The highest BCUT2D eigenvalue weighted by Crippen LogP contribution is 2.50. The number of aromatic hydroxyl groups is 1. The molecule has 0 aromatic heterocycles. The number of phenolic OH excluding ortho intramolecular Hbond substituents is 1. The van der Waals surface area contributed by atoms with Crippen LogP contribution in [0.3, 0.4) is 0 Å². The van der Waals surface area contributed by atoms with E-state index in [0.29, 0.717) is 18.4 Å². The number of nitrogens with zero attached hydrogens (tertiary/aromatic N) is 1. The van der Waals surface area contributed by atoms with Gasteiger partial charge in [-0.15, -0.1) is 0 Å². The number of isocyanates is 1. The lowest BCUT2D eigenvalue weighted by molar-refractivity contribution is 0.427. The third kappa shape index (κ3) is 1.68. The topological polar surface area (TPSA) is 49.7 Å². The summed E-state index contributed by atoms with van der Waals surface area (Å²) in [7, 11) is 0. The Balaban J connectivity index is 2.51. The maximum Gasteiger partial charge on any atom is 0.235 e. The summed E-state index contributed by atoms with van der Waals surface area (Å²) in [5.74, 6) is -1.14. The first-order chi connectivity index (χ1) is 7.09. The number of hydrogen-bond donors (Lipinski definition) is 1. The Morgan fingerprint density at radius 2 is 2.20 bits per heavy atom. The number of carbonyl (C=O) groups excluding carboxylic acids is 1. The maximum absolute atomic E-state index is 13.2. The predicted octanol–water partition coefficient (Wildman–Crippen LogP) is 2.62. The van der Waals surface area contributed by atoms with Crippen molar-refractivity contribution in [1.29, 1.82) is 0 Å². The molecule has 1 aliphatic rings. The van der Waals surface area contributed by atoms with Crippen LogP contribution in [0.1, 0.15) is 18.4 Å². The molecule has 0 spiro atoms. The number of aliphatic imine (C=N–C) groups is 1. The second-order valence-corrected chi connectivity index (χ2v) is 4.38. The second-order valence-electron chi connectivity index (χ2n) is 3.52. The van der Waals surface area contributed by atoms with Gasteiger partial charge in [-0.3, -0.25) is 0 Å². The predicted molar refractivity (Wildman–Crippen MR) is 54.8 cm³/mol. The summed E-state index contributed by atoms with van der Waals surface area (Å²) in [6.07, 6.45) is 2.91. The Kier molecular flexibility index (Phi) is 2.37. The first-order valence-electron chi connectivity index (χ1n) is 4.36. The molecule has 0 radical (unpaired) electrons. The van der Waals surface area contributed by atoms with Gasteiger partial charge in [-0.25, -0.2) is 9.18 Å². The molecule has 1 N–H and O–H groups in total. The summed E-state index contributed by atoms with van der Waals surface area (Å²) in [6, 6.07) is 2.78. The molecule has 0 unspecified atom stereocenters. The smallest absolute Gasteiger partial charge is 0.235 e. The summed E-state index contributed by atoms with van der Waals surface area (Å²) < 4.78 is 13.5. The molecule has 1 saturated carbocycles. The highest BCUT2D eigenvalue weighted by Gasteiger charge is 2.45. The summed E-state index contributed by atoms with van der Waals surface area (Å²) >= 11 is 3.04. The van der Waals surface area contributed by atoms with Crippen LogP contribution in [0.25, 0.3) is 0 Å². The number of benzene rings is 1. The number of rotatable bonds is 2. The summed E-state index contributed by atoms with van der Waals surface area (Å²) in [5, 5.41) is 9.22. The minimum atomic E-state index is -0.716. The molecule has 1 fully saturated rings. The number of phenols is 1. The van der Waals surface area contributed by atoms with Gasteiger partial charge in [0.1, 0.15) is 0 Å². The average Bonchev–Trinajstić information content (AvgIpc) is 2.95. The Morgan fingerprint density at radius 1 is 1.53 bits per heavy atom. The third-order valence-corrected chi connectivity index (χ3v) is 3.14. The molecule has 0 saturated heterocycles. The molecule has 1 aromatic carbocycles. The van der Waals surface area contributed by atoms with E-state index in [1.54, 1.807) is 6.07 Å². The molecule has 78 valence electrons. The van der Waals surface area contributed by atoms with Gasteiger partial charge >= 0.3 is 0 Å². The van der Waals surface area contributed by atoms with Crippen LogP contribution in [-0.2, 0) is 10.3 Å². The van der Waals surface area contributed by atoms with E-state index in [4.69, 9.17) is 0 Å². The monoisotopic (exact) mass is 271 g/mol. The number of hydrogen-bond acceptors (Lipinski definition) is 3. The standard InChI is InChI=1S/C10H7BrFNO2/c11-7-3-6(4-8(12)9(7)15)10(1-2-10)13-5-14/h3-4,15H,1-2H2. The van der Waals surface area contributed by atoms with Crippen molar-refractivity contribution < 1.29 is 14.3 Å². The first kappa shape index (κ1) is 10.3. The Morgan fingerprint density at radius 3 is 2.67 bits per heavy atom. The van der Waals surface area contributed by atoms with Gasteiger partial charge in [0.05, 0.1) is 10.0 Å². The highest BCUT2D eigenvalue weighted by molar-refractivity contribution is 9.10. The van der Waals surface area contributed by atoms with Crippen molar-refractivity contribution in [2.45, 2.75) is 18.4 Å². The van der Waals surface area contributed by atoms with E-state index in [2.05, 4.69) is 20.9 Å². The van der Waals surface area contributed by atoms with Crippen LogP contribution in [0, 0.1) is 5.82 Å². The van der Waals surface area contributed by atoms with Crippen molar-refractivity contribution in [2.75, 3.05) is 0 Å². The van der Waals surface area contributed by atoms with Gasteiger partial charge in [-0.1, -0.05) is 0 Å². The molecule has 0 heterocycles. The zero-order valence-corrected chi connectivity index (χ0v) is 9.21. The highest BCUT2D eigenvalue weighted by atomic mass is 79.9. The van der Waals surface area contributed by atoms with Gasteiger partial charge in [0.15, 0.2) is 11.6 Å². The van der Waals surface area contributed by atoms with Crippen molar-refractivity contribution in [3.05, 3.63) is 28.0 Å². The molecule has 0 aliphatic heterocycles. The van der Waals surface area contributed by atoms with Crippen LogP contribution in [-0.4, -0.2) is 11.2 Å². The van der Waals surface area contributed by atoms with Gasteiger partial charge < -0.3 is 5.11 Å². The minimum Gasteiger partial charge on any atom is -0.504 e. The molecule has 1 aliphatic carbocycles. The van der Waals surface area contributed by atoms with Crippen molar-refractivity contribution in [1.82, 2.24) is 0 Å². The van der Waals surface area contributed by atoms with Gasteiger partial charge in [0, 0.05) is 0 Å². The van der Waals surface area contributed by atoms with Gasteiger partial charge in [-0.05, 0) is 46.5 Å². The quantitative estimate of drug-likeness (QED) is 0.664. The summed E-state index contributed by atoms with van der Waals surface area (Å²) in [5.41, 5.74) is -0.0215. The minimum absolute atomic E-state index is 0.268. The zero-order valence-electron chi connectivity index (χ0n) is 7.63. The second kappa shape index (κ2) is 3.43. The van der Waals surface area contributed by atoms with Crippen LogP contribution < -0.4 is 0 Å². The Bertz CT molecular complexity index is 441. The molecule has 0 atom stereocenters. The molecule has 3 nitrogen and oxygen atoms in total. The largest absolute Gasteiger partial charge is 0.504 e.